The molecule has 0 saturated carbocycles. The molecule has 2 aromatic heterocycles. The zero-order valence-corrected chi connectivity index (χ0v) is 13.7. The molecule has 0 aliphatic rings. The normalized spacial score (nSPS) is 10.4. The van der Waals surface area contributed by atoms with Crippen LogP contribution in [0.2, 0.25) is 0 Å². The van der Waals surface area contributed by atoms with E-state index in [4.69, 9.17) is 9.47 Å². The van der Waals surface area contributed by atoms with Gasteiger partial charge < -0.3 is 14.6 Å². The van der Waals surface area contributed by atoms with E-state index in [0.29, 0.717) is 11.4 Å². The van der Waals surface area contributed by atoms with Crippen molar-refractivity contribution in [1.82, 2.24) is 4.98 Å². The molecule has 0 amide bonds. The van der Waals surface area contributed by atoms with E-state index >= 15 is 0 Å². The minimum absolute atomic E-state index is 0.133. The molecule has 0 fully saturated rings. The number of methoxy groups -OCH3 is 1. The SMILES string of the molecule is COc1cc(-c2cccs2)nc(C(=O)O)c1OCc1ccccc1. The smallest absolute Gasteiger partial charge is 0.358 e. The zero-order valence-electron chi connectivity index (χ0n) is 12.9. The molecule has 0 spiro atoms. The molecule has 0 unspecified atom stereocenters. The van der Waals surface area contributed by atoms with Crippen LogP contribution in [0, 0.1) is 0 Å². The maximum atomic E-state index is 11.6. The highest BCUT2D eigenvalue weighted by atomic mass is 32.1. The number of aromatic nitrogens is 1. The Hall–Kier alpha value is -2.86. The van der Waals surface area contributed by atoms with Gasteiger partial charge in [0, 0.05) is 6.07 Å². The summed E-state index contributed by atoms with van der Waals surface area (Å²) in [5.41, 5.74) is 1.32. The highest BCUT2D eigenvalue weighted by Gasteiger charge is 2.21. The van der Waals surface area contributed by atoms with Crippen molar-refractivity contribution in [2.24, 2.45) is 0 Å². The van der Waals surface area contributed by atoms with Crippen LogP contribution in [0.1, 0.15) is 16.1 Å². The van der Waals surface area contributed by atoms with E-state index in [1.807, 2.05) is 47.8 Å². The Balaban J connectivity index is 1.99. The molecule has 0 radical (unpaired) electrons. The maximum absolute atomic E-state index is 11.6. The van der Waals surface area contributed by atoms with Crippen molar-refractivity contribution in [1.29, 1.82) is 0 Å². The number of hydrogen-bond donors (Lipinski definition) is 1. The van der Waals surface area contributed by atoms with E-state index in [9.17, 15) is 9.90 Å². The van der Waals surface area contributed by atoms with E-state index in [0.717, 1.165) is 10.4 Å². The van der Waals surface area contributed by atoms with Gasteiger partial charge in [0.05, 0.1) is 17.7 Å². The summed E-state index contributed by atoms with van der Waals surface area (Å²) in [5.74, 6) is -0.675. The first-order valence-electron chi connectivity index (χ1n) is 7.22. The molecule has 0 atom stereocenters. The summed E-state index contributed by atoms with van der Waals surface area (Å²) >= 11 is 1.48. The molecular weight excluding hydrogens is 326 g/mol. The Bertz CT molecular complexity index is 832. The minimum Gasteiger partial charge on any atom is -0.493 e. The number of thiophene rings is 1. The summed E-state index contributed by atoms with van der Waals surface area (Å²) in [6, 6.07) is 15.0. The molecule has 6 heteroatoms. The van der Waals surface area contributed by atoms with Gasteiger partial charge in [-0.15, -0.1) is 11.3 Å². The number of carbonyl (C=O) groups is 1. The Labute approximate surface area is 143 Å². The summed E-state index contributed by atoms with van der Waals surface area (Å²) in [5, 5.41) is 11.4. The molecule has 0 aliphatic heterocycles. The first kappa shape index (κ1) is 16.0. The average molecular weight is 341 g/mol. The predicted octanol–water partition coefficient (Wildman–Crippen LogP) is 4.10. The molecule has 0 saturated heterocycles. The van der Waals surface area contributed by atoms with Gasteiger partial charge in [0.15, 0.2) is 17.2 Å². The number of ether oxygens (including phenoxy) is 2. The molecule has 0 bridgehead atoms. The van der Waals surface area contributed by atoms with Gasteiger partial charge in [0.2, 0.25) is 0 Å². The number of benzene rings is 1. The lowest BCUT2D eigenvalue weighted by atomic mass is 10.2. The largest absolute Gasteiger partial charge is 0.493 e. The number of carboxylic acids is 1. The van der Waals surface area contributed by atoms with Gasteiger partial charge in [-0.1, -0.05) is 36.4 Å². The third kappa shape index (κ3) is 3.38. The monoisotopic (exact) mass is 341 g/mol. The summed E-state index contributed by atoms with van der Waals surface area (Å²) in [6.45, 7) is 0.234. The van der Waals surface area contributed by atoms with Crippen LogP contribution in [-0.2, 0) is 6.61 Å². The van der Waals surface area contributed by atoms with Crippen molar-refractivity contribution in [3.63, 3.8) is 0 Å². The molecule has 2 heterocycles. The third-order valence-corrected chi connectivity index (χ3v) is 4.25. The van der Waals surface area contributed by atoms with Gasteiger partial charge in [-0.05, 0) is 17.0 Å². The molecule has 0 aliphatic carbocycles. The molecule has 3 aromatic rings. The highest BCUT2D eigenvalue weighted by Crippen LogP contribution is 2.36. The number of rotatable bonds is 6. The van der Waals surface area contributed by atoms with Crippen LogP contribution in [0.5, 0.6) is 11.5 Å². The molecule has 1 N–H and O–H groups in total. The van der Waals surface area contributed by atoms with E-state index in [-0.39, 0.29) is 18.1 Å². The first-order valence-corrected chi connectivity index (χ1v) is 8.10. The molecule has 122 valence electrons. The Kier molecular flexibility index (Phi) is 4.77. The van der Waals surface area contributed by atoms with Crippen LogP contribution in [0.3, 0.4) is 0 Å². The summed E-state index contributed by atoms with van der Waals surface area (Å²) in [4.78, 5) is 16.7. The second-order valence-corrected chi connectivity index (χ2v) is 5.89. The number of nitrogens with zero attached hydrogens (tertiary/aromatic N) is 1. The second-order valence-electron chi connectivity index (χ2n) is 4.94. The average Bonchev–Trinajstić information content (AvgIpc) is 3.14. The van der Waals surface area contributed by atoms with Gasteiger partial charge in [-0.25, -0.2) is 9.78 Å². The molecule has 3 rings (SSSR count). The van der Waals surface area contributed by atoms with Gasteiger partial charge >= 0.3 is 5.97 Å². The number of aromatic carboxylic acids is 1. The summed E-state index contributed by atoms with van der Waals surface area (Å²) < 4.78 is 11.1. The maximum Gasteiger partial charge on any atom is 0.358 e. The second kappa shape index (κ2) is 7.14. The van der Waals surface area contributed by atoms with Crippen molar-refractivity contribution in [3.05, 3.63) is 65.2 Å². The lowest BCUT2D eigenvalue weighted by Gasteiger charge is -2.14. The molecular formula is C18H15NO4S. The molecule has 24 heavy (non-hydrogen) atoms. The van der Waals surface area contributed by atoms with Crippen LogP contribution >= 0.6 is 11.3 Å². The Morgan fingerprint density at radius 1 is 1.21 bits per heavy atom. The summed E-state index contributed by atoms with van der Waals surface area (Å²) in [7, 11) is 1.48. The van der Waals surface area contributed by atoms with Crippen LogP contribution < -0.4 is 9.47 Å². The topological polar surface area (TPSA) is 68.7 Å². The molecule has 1 aromatic carbocycles. The first-order chi connectivity index (χ1) is 11.7. The third-order valence-electron chi connectivity index (χ3n) is 3.36. The number of hydrogen-bond acceptors (Lipinski definition) is 5. The van der Waals surface area contributed by atoms with E-state index in [2.05, 4.69) is 4.98 Å². The van der Waals surface area contributed by atoms with E-state index in [1.54, 1.807) is 6.07 Å². The minimum atomic E-state index is -1.16. The van der Waals surface area contributed by atoms with E-state index in [1.165, 1.54) is 18.4 Å². The van der Waals surface area contributed by atoms with Crippen LogP contribution in [0.25, 0.3) is 10.6 Å². The van der Waals surface area contributed by atoms with Crippen LogP contribution in [0.15, 0.2) is 53.9 Å². The number of carboxylic acid groups (broad SMARTS) is 1. The zero-order chi connectivity index (χ0) is 16.9. The lowest BCUT2D eigenvalue weighted by molar-refractivity contribution is 0.0684. The fraction of sp³-hybridized carbons (Fsp3) is 0.111. The van der Waals surface area contributed by atoms with Crippen LogP contribution in [0.4, 0.5) is 0 Å². The van der Waals surface area contributed by atoms with Crippen molar-refractivity contribution in [2.75, 3.05) is 7.11 Å². The fourth-order valence-electron chi connectivity index (χ4n) is 2.23. The standard InChI is InChI=1S/C18H15NO4S/c1-22-14-10-13(15-8-5-9-24-15)19-16(18(20)21)17(14)23-11-12-6-3-2-4-7-12/h2-10H,11H2,1H3,(H,20,21). The van der Waals surface area contributed by atoms with Crippen molar-refractivity contribution >= 4 is 17.3 Å². The lowest BCUT2D eigenvalue weighted by Crippen LogP contribution is -2.08. The van der Waals surface area contributed by atoms with Gasteiger partial charge in [-0.2, -0.15) is 0 Å². The van der Waals surface area contributed by atoms with Gasteiger partial charge in [-0.3, -0.25) is 0 Å². The summed E-state index contributed by atoms with van der Waals surface area (Å²) in [6.07, 6.45) is 0. The number of pyridine rings is 1. The fourth-order valence-corrected chi connectivity index (χ4v) is 2.91. The van der Waals surface area contributed by atoms with Crippen molar-refractivity contribution in [2.45, 2.75) is 6.61 Å². The van der Waals surface area contributed by atoms with Gasteiger partial charge in [0.25, 0.3) is 0 Å². The predicted molar refractivity (Wildman–Crippen MR) is 91.8 cm³/mol. The van der Waals surface area contributed by atoms with Gasteiger partial charge in [0.1, 0.15) is 6.61 Å². The van der Waals surface area contributed by atoms with Crippen molar-refractivity contribution < 1.29 is 19.4 Å². The Morgan fingerprint density at radius 3 is 2.62 bits per heavy atom. The van der Waals surface area contributed by atoms with E-state index < -0.39 is 5.97 Å². The quantitative estimate of drug-likeness (QED) is 0.731. The molecule has 5 nitrogen and oxygen atoms in total. The van der Waals surface area contributed by atoms with Crippen LogP contribution in [-0.4, -0.2) is 23.2 Å². The highest BCUT2D eigenvalue weighted by molar-refractivity contribution is 7.13. The Morgan fingerprint density at radius 2 is 2.00 bits per heavy atom. The van der Waals surface area contributed by atoms with Crippen molar-refractivity contribution in [3.8, 4) is 22.1 Å².